The molecule has 6 rings (SSSR count). The molecule has 1 unspecified atom stereocenters. The van der Waals surface area contributed by atoms with Crippen LogP contribution in [0.5, 0.6) is 5.75 Å². The molecule has 3 heterocycles. The molecule has 1 aliphatic rings. The van der Waals surface area contributed by atoms with Crippen LogP contribution >= 0.6 is 11.3 Å². The number of fused-ring (bicyclic) bond motifs is 1. The van der Waals surface area contributed by atoms with E-state index in [1.807, 2.05) is 77.7 Å². The SMILES string of the molecule is CN(Cc1ccccc1)C(=O)c1csc(COc2ccc3c(c2)C(c2ccccc2)N(C(=O)c2ccco2)CC3)n1. The maximum absolute atomic E-state index is 13.4. The first kappa shape index (κ1) is 26.5. The molecule has 0 saturated carbocycles. The Kier molecular flexibility index (Phi) is 7.65. The number of amides is 2. The molecule has 7 nitrogen and oxygen atoms in total. The summed E-state index contributed by atoms with van der Waals surface area (Å²) in [4.78, 5) is 34.4. The molecule has 3 aromatic carbocycles. The number of rotatable bonds is 8. The molecule has 206 valence electrons. The van der Waals surface area contributed by atoms with Crippen molar-refractivity contribution in [1.29, 1.82) is 0 Å². The fourth-order valence-electron chi connectivity index (χ4n) is 5.18. The molecule has 0 radical (unpaired) electrons. The van der Waals surface area contributed by atoms with Gasteiger partial charge in [0.15, 0.2) is 5.76 Å². The lowest BCUT2D eigenvalue weighted by molar-refractivity contribution is 0.0661. The molecule has 41 heavy (non-hydrogen) atoms. The molecule has 5 aromatic rings. The average molecular weight is 564 g/mol. The van der Waals surface area contributed by atoms with Gasteiger partial charge in [-0.3, -0.25) is 9.59 Å². The van der Waals surface area contributed by atoms with Gasteiger partial charge >= 0.3 is 0 Å². The Labute approximate surface area is 242 Å². The molecule has 2 amide bonds. The predicted molar refractivity (Wildman–Crippen MR) is 157 cm³/mol. The maximum atomic E-state index is 13.4. The Hall–Kier alpha value is -4.69. The van der Waals surface area contributed by atoms with Crippen molar-refractivity contribution >= 4 is 23.2 Å². The van der Waals surface area contributed by atoms with Crippen molar-refractivity contribution in [3.63, 3.8) is 0 Å². The second-order valence-electron chi connectivity index (χ2n) is 9.96. The summed E-state index contributed by atoms with van der Waals surface area (Å²) in [5.41, 5.74) is 4.70. The molecule has 1 aliphatic heterocycles. The van der Waals surface area contributed by atoms with Crippen LogP contribution in [0.1, 0.15) is 54.3 Å². The van der Waals surface area contributed by atoms with Crippen molar-refractivity contribution < 1.29 is 18.7 Å². The standard InChI is InChI=1S/C33H29N3O4S/c1-35(20-23-9-4-2-5-10-23)32(37)28-22-41-30(34-28)21-40-26-15-14-24-16-17-36(33(38)29-13-8-18-39-29)31(27(24)19-26)25-11-6-3-7-12-25/h2-15,18-19,22,31H,16-17,20-21H2,1H3. The minimum atomic E-state index is -0.273. The van der Waals surface area contributed by atoms with Crippen molar-refractivity contribution in [2.24, 2.45) is 0 Å². The number of hydrogen-bond donors (Lipinski definition) is 0. The molecule has 0 spiro atoms. The predicted octanol–water partition coefficient (Wildman–Crippen LogP) is 6.38. The third-order valence-corrected chi connectivity index (χ3v) is 8.02. The van der Waals surface area contributed by atoms with Crippen LogP contribution in [0.15, 0.2) is 107 Å². The van der Waals surface area contributed by atoms with Crippen LogP contribution < -0.4 is 4.74 Å². The molecule has 0 fully saturated rings. The highest BCUT2D eigenvalue weighted by molar-refractivity contribution is 7.09. The molecular formula is C33H29N3O4S. The minimum Gasteiger partial charge on any atom is -0.486 e. The van der Waals surface area contributed by atoms with Gasteiger partial charge in [-0.15, -0.1) is 11.3 Å². The van der Waals surface area contributed by atoms with E-state index >= 15 is 0 Å². The van der Waals surface area contributed by atoms with Crippen LogP contribution in [-0.2, 0) is 19.6 Å². The lowest BCUT2D eigenvalue weighted by Gasteiger charge is -2.37. The second kappa shape index (κ2) is 11.8. The summed E-state index contributed by atoms with van der Waals surface area (Å²) >= 11 is 1.40. The van der Waals surface area contributed by atoms with Crippen molar-refractivity contribution in [3.05, 3.63) is 141 Å². The van der Waals surface area contributed by atoms with E-state index in [9.17, 15) is 9.59 Å². The van der Waals surface area contributed by atoms with Gasteiger partial charge in [-0.2, -0.15) is 0 Å². The van der Waals surface area contributed by atoms with Gasteiger partial charge in [0, 0.05) is 25.5 Å². The highest BCUT2D eigenvalue weighted by Crippen LogP contribution is 2.38. The molecular weight excluding hydrogens is 534 g/mol. The van der Waals surface area contributed by atoms with Crippen LogP contribution in [0, 0.1) is 0 Å². The summed E-state index contributed by atoms with van der Waals surface area (Å²) in [5.74, 6) is 0.738. The largest absolute Gasteiger partial charge is 0.486 e. The third-order valence-electron chi connectivity index (χ3n) is 7.20. The van der Waals surface area contributed by atoms with Crippen LogP contribution in [0.2, 0.25) is 0 Å². The Morgan fingerprint density at radius 1 is 1.02 bits per heavy atom. The number of nitrogens with zero attached hydrogens (tertiary/aromatic N) is 3. The van der Waals surface area contributed by atoms with E-state index in [0.29, 0.717) is 35.3 Å². The summed E-state index contributed by atoms with van der Waals surface area (Å²) in [5, 5.41) is 2.49. The van der Waals surface area contributed by atoms with Gasteiger partial charge in [0.2, 0.25) is 0 Å². The Morgan fingerprint density at radius 3 is 2.56 bits per heavy atom. The summed E-state index contributed by atoms with van der Waals surface area (Å²) in [6, 6.07) is 29.1. The fraction of sp³-hybridized carbons (Fsp3) is 0.182. The molecule has 2 aromatic heterocycles. The quantitative estimate of drug-likeness (QED) is 0.219. The zero-order chi connectivity index (χ0) is 28.2. The summed E-state index contributed by atoms with van der Waals surface area (Å²) in [6.07, 6.45) is 2.26. The number of hydrogen-bond acceptors (Lipinski definition) is 6. The van der Waals surface area contributed by atoms with E-state index in [2.05, 4.69) is 11.1 Å². The summed E-state index contributed by atoms with van der Waals surface area (Å²) in [6.45, 7) is 1.34. The van der Waals surface area contributed by atoms with E-state index < -0.39 is 0 Å². The number of ether oxygens (including phenoxy) is 1. The van der Waals surface area contributed by atoms with Crippen LogP contribution in [-0.4, -0.2) is 40.2 Å². The molecule has 0 N–H and O–H groups in total. The van der Waals surface area contributed by atoms with E-state index in [1.54, 1.807) is 29.5 Å². The maximum Gasteiger partial charge on any atom is 0.290 e. The van der Waals surface area contributed by atoms with Crippen molar-refractivity contribution in [2.45, 2.75) is 25.6 Å². The summed E-state index contributed by atoms with van der Waals surface area (Å²) < 4.78 is 11.6. The number of carbonyl (C=O) groups is 2. The highest BCUT2D eigenvalue weighted by Gasteiger charge is 2.34. The first-order chi connectivity index (χ1) is 20.1. The first-order valence-corrected chi connectivity index (χ1v) is 14.3. The van der Waals surface area contributed by atoms with E-state index in [1.165, 1.54) is 23.2 Å². The highest BCUT2D eigenvalue weighted by atomic mass is 32.1. The smallest absolute Gasteiger partial charge is 0.290 e. The zero-order valence-electron chi connectivity index (χ0n) is 22.6. The molecule has 0 bridgehead atoms. The van der Waals surface area contributed by atoms with Crippen molar-refractivity contribution in [2.75, 3.05) is 13.6 Å². The monoisotopic (exact) mass is 563 g/mol. The van der Waals surface area contributed by atoms with Crippen LogP contribution in [0.25, 0.3) is 0 Å². The number of carbonyl (C=O) groups excluding carboxylic acids is 2. The molecule has 1 atom stereocenters. The van der Waals surface area contributed by atoms with Gasteiger partial charge in [-0.05, 0) is 52.9 Å². The zero-order valence-corrected chi connectivity index (χ0v) is 23.4. The Balaban J connectivity index is 1.19. The van der Waals surface area contributed by atoms with Gasteiger partial charge in [-0.1, -0.05) is 66.7 Å². The van der Waals surface area contributed by atoms with E-state index in [-0.39, 0.29) is 24.5 Å². The third kappa shape index (κ3) is 5.78. The van der Waals surface area contributed by atoms with Crippen molar-refractivity contribution in [3.8, 4) is 5.75 Å². The fourth-order valence-corrected chi connectivity index (χ4v) is 5.86. The first-order valence-electron chi connectivity index (χ1n) is 13.5. The van der Waals surface area contributed by atoms with E-state index in [0.717, 1.165) is 23.1 Å². The average Bonchev–Trinajstić information content (AvgIpc) is 3.73. The topological polar surface area (TPSA) is 75.9 Å². The van der Waals surface area contributed by atoms with Gasteiger partial charge in [0.25, 0.3) is 11.8 Å². The van der Waals surface area contributed by atoms with E-state index in [4.69, 9.17) is 9.15 Å². The molecule has 8 heteroatoms. The number of thiazole rings is 1. The van der Waals surface area contributed by atoms with Gasteiger partial charge in [0.1, 0.15) is 23.1 Å². The molecule has 0 aliphatic carbocycles. The van der Waals surface area contributed by atoms with Crippen LogP contribution in [0.3, 0.4) is 0 Å². The lowest BCUT2D eigenvalue weighted by Crippen LogP contribution is -2.40. The second-order valence-corrected chi connectivity index (χ2v) is 10.9. The minimum absolute atomic E-state index is 0.128. The van der Waals surface area contributed by atoms with Gasteiger partial charge < -0.3 is 19.0 Å². The number of furan rings is 1. The van der Waals surface area contributed by atoms with Crippen LogP contribution in [0.4, 0.5) is 0 Å². The normalized spacial score (nSPS) is 14.4. The Morgan fingerprint density at radius 2 is 1.80 bits per heavy atom. The Bertz CT molecular complexity index is 1630. The number of aromatic nitrogens is 1. The van der Waals surface area contributed by atoms with Gasteiger partial charge in [-0.25, -0.2) is 4.98 Å². The summed E-state index contributed by atoms with van der Waals surface area (Å²) in [7, 11) is 1.78. The van der Waals surface area contributed by atoms with Gasteiger partial charge in [0.05, 0.1) is 12.3 Å². The van der Waals surface area contributed by atoms with Crippen molar-refractivity contribution in [1.82, 2.24) is 14.8 Å². The number of benzene rings is 3. The molecule has 0 saturated heterocycles. The lowest BCUT2D eigenvalue weighted by atomic mass is 9.87.